The van der Waals surface area contributed by atoms with Crippen LogP contribution >= 0.6 is 11.6 Å². The zero-order valence-corrected chi connectivity index (χ0v) is 8.99. The van der Waals surface area contributed by atoms with E-state index >= 15 is 0 Å². The molecule has 15 heavy (non-hydrogen) atoms. The van der Waals surface area contributed by atoms with Crippen molar-refractivity contribution >= 4 is 23.0 Å². The fourth-order valence-corrected chi connectivity index (χ4v) is 1.27. The van der Waals surface area contributed by atoms with E-state index in [0.717, 1.165) is 0 Å². The molecule has 0 spiro atoms. The highest BCUT2D eigenvalue weighted by Crippen LogP contribution is 2.27. The lowest BCUT2D eigenvalue weighted by molar-refractivity contribution is -0.384. The molecule has 0 amide bonds. The van der Waals surface area contributed by atoms with Gasteiger partial charge in [0, 0.05) is 18.2 Å². The van der Waals surface area contributed by atoms with E-state index in [0.29, 0.717) is 10.7 Å². The summed E-state index contributed by atoms with van der Waals surface area (Å²) in [5, 5.41) is 13.8. The van der Waals surface area contributed by atoms with E-state index in [1.807, 2.05) is 6.92 Å². The van der Waals surface area contributed by atoms with Crippen LogP contribution in [0.15, 0.2) is 30.9 Å². The topological polar surface area (TPSA) is 55.2 Å². The molecule has 4 nitrogen and oxygen atoms in total. The zero-order chi connectivity index (χ0) is 11.4. The highest BCUT2D eigenvalue weighted by Gasteiger charge is 2.09. The molecule has 0 aromatic heterocycles. The number of nitrogens with one attached hydrogen (secondary N) is 1. The third-order valence-electron chi connectivity index (χ3n) is 1.90. The van der Waals surface area contributed by atoms with E-state index in [4.69, 9.17) is 11.6 Å². The van der Waals surface area contributed by atoms with Gasteiger partial charge in [-0.05, 0) is 13.0 Å². The number of nitro benzene ring substituents is 1. The quantitative estimate of drug-likeness (QED) is 0.487. The van der Waals surface area contributed by atoms with Gasteiger partial charge in [0.1, 0.15) is 0 Å². The summed E-state index contributed by atoms with van der Waals surface area (Å²) in [6, 6.07) is 4.37. The molecule has 0 fully saturated rings. The average molecular weight is 227 g/mol. The summed E-state index contributed by atoms with van der Waals surface area (Å²) in [6.45, 7) is 5.53. The zero-order valence-electron chi connectivity index (χ0n) is 8.24. The third kappa shape index (κ3) is 2.95. The van der Waals surface area contributed by atoms with Crippen LogP contribution in [0.1, 0.15) is 6.92 Å². The Kier molecular flexibility index (Phi) is 3.68. The Hall–Kier alpha value is -1.55. The van der Waals surface area contributed by atoms with Crippen LogP contribution in [0.25, 0.3) is 0 Å². The van der Waals surface area contributed by atoms with Crippen molar-refractivity contribution in [3.63, 3.8) is 0 Å². The summed E-state index contributed by atoms with van der Waals surface area (Å²) in [4.78, 5) is 9.97. The van der Waals surface area contributed by atoms with Crippen LogP contribution in [0.5, 0.6) is 0 Å². The number of halogens is 1. The van der Waals surface area contributed by atoms with Crippen LogP contribution in [0.4, 0.5) is 11.4 Å². The number of nitro groups is 1. The first-order chi connectivity index (χ1) is 7.04. The molecule has 0 aliphatic rings. The number of nitrogens with zero attached hydrogens (tertiary/aromatic N) is 1. The number of non-ortho nitro benzene ring substituents is 1. The second-order valence-corrected chi connectivity index (χ2v) is 3.50. The van der Waals surface area contributed by atoms with Crippen molar-refractivity contribution in [1.82, 2.24) is 0 Å². The average Bonchev–Trinajstić information content (AvgIpc) is 2.20. The number of benzene rings is 1. The van der Waals surface area contributed by atoms with Gasteiger partial charge in [-0.15, -0.1) is 6.58 Å². The van der Waals surface area contributed by atoms with Crippen LogP contribution in [0, 0.1) is 10.1 Å². The van der Waals surface area contributed by atoms with Crippen LogP contribution in [0.3, 0.4) is 0 Å². The minimum atomic E-state index is -0.480. The van der Waals surface area contributed by atoms with Gasteiger partial charge < -0.3 is 5.32 Å². The summed E-state index contributed by atoms with van der Waals surface area (Å²) < 4.78 is 0. The lowest BCUT2D eigenvalue weighted by Gasteiger charge is -2.11. The van der Waals surface area contributed by atoms with Gasteiger partial charge in [-0.1, -0.05) is 17.7 Å². The van der Waals surface area contributed by atoms with E-state index < -0.39 is 4.92 Å². The van der Waals surface area contributed by atoms with E-state index in [1.165, 1.54) is 12.1 Å². The maximum absolute atomic E-state index is 10.5. The van der Waals surface area contributed by atoms with E-state index in [2.05, 4.69) is 11.9 Å². The Bertz CT molecular complexity index is 393. The minimum Gasteiger partial charge on any atom is -0.378 e. The Morgan fingerprint density at radius 3 is 2.80 bits per heavy atom. The lowest BCUT2D eigenvalue weighted by atomic mass is 10.2. The summed E-state index contributed by atoms with van der Waals surface area (Å²) >= 11 is 5.87. The second kappa shape index (κ2) is 4.79. The van der Waals surface area contributed by atoms with Crippen LogP contribution in [0.2, 0.25) is 5.02 Å². The minimum absolute atomic E-state index is 0.0168. The molecule has 1 rings (SSSR count). The number of rotatable bonds is 4. The second-order valence-electron chi connectivity index (χ2n) is 3.09. The maximum Gasteiger partial charge on any atom is 0.271 e. The number of hydrogen-bond acceptors (Lipinski definition) is 3. The molecule has 1 aromatic carbocycles. The first-order valence-corrected chi connectivity index (χ1v) is 4.75. The highest BCUT2D eigenvalue weighted by atomic mass is 35.5. The molecule has 0 saturated heterocycles. The Morgan fingerprint density at radius 1 is 1.67 bits per heavy atom. The number of anilines is 1. The molecule has 5 heteroatoms. The van der Waals surface area contributed by atoms with Crippen LogP contribution in [-0.2, 0) is 0 Å². The molecule has 0 heterocycles. The molecular formula is C10H11ClN2O2. The van der Waals surface area contributed by atoms with Crippen molar-refractivity contribution in [2.45, 2.75) is 13.0 Å². The van der Waals surface area contributed by atoms with Crippen LogP contribution in [-0.4, -0.2) is 11.0 Å². The van der Waals surface area contributed by atoms with Gasteiger partial charge in [0.15, 0.2) is 0 Å². The summed E-state index contributed by atoms with van der Waals surface area (Å²) in [7, 11) is 0. The molecule has 0 aliphatic carbocycles. The predicted molar refractivity (Wildman–Crippen MR) is 61.4 cm³/mol. The fourth-order valence-electron chi connectivity index (χ4n) is 1.04. The molecule has 80 valence electrons. The monoisotopic (exact) mass is 226 g/mol. The first-order valence-electron chi connectivity index (χ1n) is 4.37. The molecule has 0 bridgehead atoms. The van der Waals surface area contributed by atoms with Gasteiger partial charge in [-0.25, -0.2) is 0 Å². The van der Waals surface area contributed by atoms with Crippen molar-refractivity contribution < 1.29 is 4.92 Å². The van der Waals surface area contributed by atoms with Crippen molar-refractivity contribution in [3.05, 3.63) is 46.0 Å². The molecule has 1 atom stereocenters. The van der Waals surface area contributed by atoms with Crippen molar-refractivity contribution in [3.8, 4) is 0 Å². The number of hydrogen-bond donors (Lipinski definition) is 1. The first kappa shape index (κ1) is 11.5. The normalized spacial score (nSPS) is 11.9. The van der Waals surface area contributed by atoms with Gasteiger partial charge in [0.2, 0.25) is 0 Å². The van der Waals surface area contributed by atoms with Gasteiger partial charge in [-0.3, -0.25) is 10.1 Å². The molecule has 0 radical (unpaired) electrons. The molecule has 1 aromatic rings. The SMILES string of the molecule is C=CC(C)Nc1ccc([N+](=O)[O-])cc1Cl. The van der Waals surface area contributed by atoms with Gasteiger partial charge in [0.25, 0.3) is 5.69 Å². The van der Waals surface area contributed by atoms with E-state index in [9.17, 15) is 10.1 Å². The van der Waals surface area contributed by atoms with E-state index in [1.54, 1.807) is 12.1 Å². The van der Waals surface area contributed by atoms with Crippen LogP contribution < -0.4 is 5.32 Å². The van der Waals surface area contributed by atoms with Crippen molar-refractivity contribution in [2.75, 3.05) is 5.32 Å². The summed E-state index contributed by atoms with van der Waals surface area (Å²) in [5.41, 5.74) is 0.645. The highest BCUT2D eigenvalue weighted by molar-refractivity contribution is 6.33. The van der Waals surface area contributed by atoms with Crippen molar-refractivity contribution in [1.29, 1.82) is 0 Å². The Morgan fingerprint density at radius 2 is 2.33 bits per heavy atom. The molecule has 1 N–H and O–H groups in total. The largest absolute Gasteiger partial charge is 0.378 e. The van der Waals surface area contributed by atoms with Gasteiger partial charge in [0.05, 0.1) is 15.6 Å². The summed E-state index contributed by atoms with van der Waals surface area (Å²) in [6.07, 6.45) is 1.72. The molecular weight excluding hydrogens is 216 g/mol. The third-order valence-corrected chi connectivity index (χ3v) is 2.21. The Balaban J connectivity index is 2.93. The summed E-state index contributed by atoms with van der Waals surface area (Å²) in [5.74, 6) is 0. The smallest absolute Gasteiger partial charge is 0.271 e. The predicted octanol–water partition coefficient (Wildman–Crippen LogP) is 3.23. The molecule has 0 aliphatic heterocycles. The van der Waals surface area contributed by atoms with Gasteiger partial charge >= 0.3 is 0 Å². The molecule has 1 unspecified atom stereocenters. The van der Waals surface area contributed by atoms with Gasteiger partial charge in [-0.2, -0.15) is 0 Å². The maximum atomic E-state index is 10.5. The fraction of sp³-hybridized carbons (Fsp3) is 0.200. The molecule has 0 saturated carbocycles. The standard InChI is InChI=1S/C10H11ClN2O2/c1-3-7(2)12-10-5-4-8(13(14)15)6-9(10)11/h3-7,12H,1H2,2H3. The lowest BCUT2D eigenvalue weighted by Crippen LogP contribution is -2.11. The van der Waals surface area contributed by atoms with Crippen molar-refractivity contribution in [2.24, 2.45) is 0 Å². The van der Waals surface area contributed by atoms with E-state index in [-0.39, 0.29) is 11.7 Å². The Labute approximate surface area is 92.7 Å².